The van der Waals surface area contributed by atoms with Crippen LogP contribution in [0.1, 0.15) is 5.56 Å². The van der Waals surface area contributed by atoms with E-state index in [9.17, 15) is 9.18 Å². The molecule has 1 fully saturated rings. The maximum absolute atomic E-state index is 13.9. The molecule has 1 saturated heterocycles. The van der Waals surface area contributed by atoms with E-state index in [0.717, 1.165) is 5.56 Å². The van der Waals surface area contributed by atoms with E-state index in [4.69, 9.17) is 4.74 Å². The highest BCUT2D eigenvalue weighted by Gasteiger charge is 2.22. The van der Waals surface area contributed by atoms with E-state index >= 15 is 0 Å². The average Bonchev–Trinajstić information content (AvgIpc) is 2.80. The van der Waals surface area contributed by atoms with E-state index in [1.165, 1.54) is 6.07 Å². The van der Waals surface area contributed by atoms with Gasteiger partial charge in [-0.25, -0.2) is 14.4 Å². The highest BCUT2D eigenvalue weighted by Crippen LogP contribution is 2.22. The Balaban J connectivity index is 1.27. The Morgan fingerprint density at radius 2 is 1.60 bits per heavy atom. The molecule has 6 nitrogen and oxygen atoms in total. The fourth-order valence-corrected chi connectivity index (χ4v) is 3.40. The molecule has 30 heavy (non-hydrogen) atoms. The standard InChI is InChI=1S/C23H23FN4O2/c24-21-9-5-4-8-20(21)19-14-25-23(26-15-19)28-12-10-27(11-13-28)22(29)17-30-16-18-6-2-1-3-7-18/h1-9,14-15H,10-13,16-17H2. The minimum Gasteiger partial charge on any atom is -0.367 e. The lowest BCUT2D eigenvalue weighted by Gasteiger charge is -2.34. The van der Waals surface area contributed by atoms with Crippen LogP contribution in [0.4, 0.5) is 10.3 Å². The van der Waals surface area contributed by atoms with E-state index < -0.39 is 0 Å². The molecule has 0 saturated carbocycles. The molecule has 3 aromatic rings. The van der Waals surface area contributed by atoms with Crippen molar-refractivity contribution in [2.75, 3.05) is 37.7 Å². The first-order chi connectivity index (χ1) is 14.7. The number of rotatable bonds is 6. The van der Waals surface area contributed by atoms with Crippen molar-refractivity contribution in [1.82, 2.24) is 14.9 Å². The number of hydrogen-bond acceptors (Lipinski definition) is 5. The lowest BCUT2D eigenvalue weighted by molar-refractivity contribution is -0.136. The third-order valence-corrected chi connectivity index (χ3v) is 5.08. The third-order valence-electron chi connectivity index (χ3n) is 5.08. The Kier molecular flexibility index (Phi) is 6.29. The summed E-state index contributed by atoms with van der Waals surface area (Å²) in [5.74, 6) is 0.277. The van der Waals surface area contributed by atoms with Gasteiger partial charge in [0, 0.05) is 49.7 Å². The van der Waals surface area contributed by atoms with Gasteiger partial charge >= 0.3 is 0 Å². The number of carbonyl (C=O) groups is 1. The fraction of sp³-hybridized carbons (Fsp3) is 0.261. The predicted octanol–water partition coefficient (Wildman–Crippen LogP) is 3.15. The van der Waals surface area contributed by atoms with Crippen LogP contribution in [0.3, 0.4) is 0 Å². The van der Waals surface area contributed by atoms with Gasteiger partial charge in [0.05, 0.1) is 6.61 Å². The second-order valence-corrected chi connectivity index (χ2v) is 7.10. The van der Waals surface area contributed by atoms with Gasteiger partial charge in [-0.15, -0.1) is 0 Å². The molecule has 0 radical (unpaired) electrons. The van der Waals surface area contributed by atoms with E-state index in [2.05, 4.69) is 9.97 Å². The van der Waals surface area contributed by atoms with Gasteiger partial charge in [-0.2, -0.15) is 0 Å². The predicted molar refractivity (Wildman–Crippen MR) is 112 cm³/mol. The summed E-state index contributed by atoms with van der Waals surface area (Å²) >= 11 is 0. The SMILES string of the molecule is O=C(COCc1ccccc1)N1CCN(c2ncc(-c3ccccc3F)cn2)CC1. The molecule has 0 aliphatic carbocycles. The first kappa shape index (κ1) is 20.0. The van der Waals surface area contributed by atoms with Crippen molar-refractivity contribution in [2.45, 2.75) is 6.61 Å². The summed E-state index contributed by atoms with van der Waals surface area (Å²) in [4.78, 5) is 25.0. The Morgan fingerprint density at radius 3 is 2.30 bits per heavy atom. The van der Waals surface area contributed by atoms with Crippen molar-refractivity contribution >= 4 is 11.9 Å². The number of carbonyl (C=O) groups excluding carboxylic acids is 1. The molecule has 154 valence electrons. The zero-order valence-electron chi connectivity index (χ0n) is 16.6. The van der Waals surface area contributed by atoms with E-state index in [-0.39, 0.29) is 18.3 Å². The van der Waals surface area contributed by atoms with Gasteiger partial charge in [0.1, 0.15) is 12.4 Å². The normalized spacial score (nSPS) is 14.0. The van der Waals surface area contributed by atoms with Crippen molar-refractivity contribution < 1.29 is 13.9 Å². The number of halogens is 1. The van der Waals surface area contributed by atoms with Crippen LogP contribution < -0.4 is 4.90 Å². The highest BCUT2D eigenvalue weighted by atomic mass is 19.1. The van der Waals surface area contributed by atoms with Crippen molar-refractivity contribution in [1.29, 1.82) is 0 Å². The molecule has 4 rings (SSSR count). The maximum atomic E-state index is 13.9. The number of ether oxygens (including phenoxy) is 1. The summed E-state index contributed by atoms with van der Waals surface area (Å²) in [7, 11) is 0. The van der Waals surface area contributed by atoms with Gasteiger partial charge < -0.3 is 14.5 Å². The van der Waals surface area contributed by atoms with E-state index in [1.54, 1.807) is 35.5 Å². The first-order valence-corrected chi connectivity index (χ1v) is 9.92. The molecule has 0 bridgehead atoms. The summed E-state index contributed by atoms with van der Waals surface area (Å²) in [5, 5.41) is 0. The summed E-state index contributed by atoms with van der Waals surface area (Å²) in [5.41, 5.74) is 2.17. The molecule has 2 heterocycles. The average molecular weight is 406 g/mol. The van der Waals surface area contributed by atoms with E-state index in [0.29, 0.717) is 49.9 Å². The molecular formula is C23H23FN4O2. The minimum absolute atomic E-state index is 0.0126. The molecule has 1 aromatic heterocycles. The van der Waals surface area contributed by atoms with Crippen LogP contribution in [-0.4, -0.2) is 53.6 Å². The molecule has 7 heteroatoms. The van der Waals surface area contributed by atoms with Crippen LogP contribution >= 0.6 is 0 Å². The number of amides is 1. The smallest absolute Gasteiger partial charge is 0.248 e. The molecule has 0 N–H and O–H groups in total. The summed E-state index contributed by atoms with van der Waals surface area (Å²) in [6.07, 6.45) is 3.27. The van der Waals surface area contributed by atoms with E-state index in [1.807, 2.05) is 35.2 Å². The number of hydrogen-bond donors (Lipinski definition) is 0. The van der Waals surface area contributed by atoms with Crippen LogP contribution in [0, 0.1) is 5.82 Å². The summed E-state index contributed by atoms with van der Waals surface area (Å²) < 4.78 is 19.5. The van der Waals surface area contributed by atoms with Crippen LogP contribution in [0.5, 0.6) is 0 Å². The molecule has 2 aromatic carbocycles. The van der Waals surface area contributed by atoms with Crippen molar-refractivity contribution in [3.8, 4) is 11.1 Å². The zero-order valence-corrected chi connectivity index (χ0v) is 16.6. The maximum Gasteiger partial charge on any atom is 0.248 e. The monoisotopic (exact) mass is 406 g/mol. The van der Waals surface area contributed by atoms with Crippen molar-refractivity contribution in [2.24, 2.45) is 0 Å². The quantitative estimate of drug-likeness (QED) is 0.630. The highest BCUT2D eigenvalue weighted by molar-refractivity contribution is 5.77. The topological polar surface area (TPSA) is 58.6 Å². The van der Waals surface area contributed by atoms with Gasteiger partial charge in [0.25, 0.3) is 0 Å². The molecule has 0 unspecified atom stereocenters. The number of piperazine rings is 1. The van der Waals surface area contributed by atoms with Gasteiger partial charge in [-0.1, -0.05) is 48.5 Å². The largest absolute Gasteiger partial charge is 0.367 e. The molecular weight excluding hydrogens is 383 g/mol. The Morgan fingerprint density at radius 1 is 0.933 bits per heavy atom. The number of anilines is 1. The first-order valence-electron chi connectivity index (χ1n) is 9.92. The Hall–Kier alpha value is -3.32. The van der Waals surface area contributed by atoms with Crippen molar-refractivity contribution in [3.05, 3.63) is 78.4 Å². The lowest BCUT2D eigenvalue weighted by atomic mass is 10.1. The van der Waals surface area contributed by atoms with Gasteiger partial charge in [0.15, 0.2) is 0 Å². The van der Waals surface area contributed by atoms with Crippen LogP contribution in [0.15, 0.2) is 67.0 Å². The lowest BCUT2D eigenvalue weighted by Crippen LogP contribution is -2.50. The molecule has 1 aliphatic rings. The molecule has 1 aliphatic heterocycles. The summed E-state index contributed by atoms with van der Waals surface area (Å²) in [6, 6.07) is 16.4. The van der Waals surface area contributed by atoms with Gasteiger partial charge in [0.2, 0.25) is 11.9 Å². The van der Waals surface area contributed by atoms with Crippen LogP contribution in [-0.2, 0) is 16.1 Å². The Labute approximate surface area is 174 Å². The molecule has 0 spiro atoms. The number of aromatic nitrogens is 2. The second kappa shape index (κ2) is 9.45. The van der Waals surface area contributed by atoms with Gasteiger partial charge in [-0.05, 0) is 11.6 Å². The summed E-state index contributed by atoms with van der Waals surface area (Å²) in [6.45, 7) is 2.96. The van der Waals surface area contributed by atoms with Crippen molar-refractivity contribution in [3.63, 3.8) is 0 Å². The minimum atomic E-state index is -0.296. The number of nitrogens with zero attached hydrogens (tertiary/aromatic N) is 4. The number of benzene rings is 2. The molecule has 1 amide bonds. The zero-order chi connectivity index (χ0) is 20.8. The van der Waals surface area contributed by atoms with Crippen LogP contribution in [0.2, 0.25) is 0 Å². The fourth-order valence-electron chi connectivity index (χ4n) is 3.40. The second-order valence-electron chi connectivity index (χ2n) is 7.10. The third kappa shape index (κ3) is 4.80. The van der Waals surface area contributed by atoms with Gasteiger partial charge in [-0.3, -0.25) is 4.79 Å². The Bertz CT molecular complexity index is 974. The molecule has 0 atom stereocenters. The van der Waals surface area contributed by atoms with Crippen LogP contribution in [0.25, 0.3) is 11.1 Å².